The van der Waals surface area contributed by atoms with Crippen LogP contribution in [0.2, 0.25) is 10.0 Å². The number of nitrogens with zero attached hydrogens (tertiary/aromatic N) is 1. The van der Waals surface area contributed by atoms with Gasteiger partial charge < -0.3 is 15.8 Å². The molecule has 0 aliphatic carbocycles. The summed E-state index contributed by atoms with van der Waals surface area (Å²) in [6, 6.07) is 11.3. The summed E-state index contributed by atoms with van der Waals surface area (Å²) in [5.41, 5.74) is 4.85. The molecule has 1 aliphatic heterocycles. The van der Waals surface area contributed by atoms with Gasteiger partial charge in [0.15, 0.2) is 5.13 Å². The van der Waals surface area contributed by atoms with E-state index in [2.05, 4.69) is 26.1 Å². The van der Waals surface area contributed by atoms with E-state index in [9.17, 15) is 9.90 Å². The smallest absolute Gasteiger partial charge is 0.353 e. The lowest BCUT2D eigenvalue weighted by molar-refractivity contribution is -0.132. The van der Waals surface area contributed by atoms with Crippen LogP contribution in [0.3, 0.4) is 0 Å². The number of aromatic nitrogens is 1. The number of hydrogen-bond donors (Lipinski definition) is 3. The number of allylic oxidation sites excluding steroid dienone is 1. The summed E-state index contributed by atoms with van der Waals surface area (Å²) >= 11 is 15.6. The molecule has 1 atom stereocenters. The normalized spacial score (nSPS) is 15.4. The number of nitrogens with one attached hydrogen (secondary N) is 2. The highest BCUT2D eigenvalue weighted by molar-refractivity contribution is 8.01. The Balaban J connectivity index is 1.81. The zero-order valence-corrected chi connectivity index (χ0v) is 22.1. The van der Waals surface area contributed by atoms with Crippen LogP contribution in [-0.4, -0.2) is 21.8 Å². The van der Waals surface area contributed by atoms with Gasteiger partial charge in [-0.05, 0) is 48.6 Å². The third-order valence-corrected chi connectivity index (χ3v) is 8.62. The molecule has 3 aromatic rings. The monoisotopic (exact) mass is 531 g/mol. The van der Waals surface area contributed by atoms with E-state index < -0.39 is 5.97 Å². The van der Waals surface area contributed by atoms with Gasteiger partial charge in [-0.2, -0.15) is 0 Å². The van der Waals surface area contributed by atoms with E-state index in [1.807, 2.05) is 36.4 Å². The number of carbonyl (C=O) groups is 1. The number of benzene rings is 2. The molecule has 34 heavy (non-hydrogen) atoms. The Bertz CT molecular complexity index is 1350. The lowest BCUT2D eigenvalue weighted by atomic mass is 9.94. The Morgan fingerprint density at radius 1 is 1.21 bits per heavy atom. The SMILES string of the molecule is CC(=N)/C(=C(\Nc1nc2c(s1)SC(C)c1cc(Cl)c(Cl)cc1-2)C(=O)O)c1cccc(C(C)C)c1. The molecule has 4 rings (SSSR count). The van der Waals surface area contributed by atoms with Crippen LogP contribution < -0.4 is 5.32 Å². The van der Waals surface area contributed by atoms with Crippen molar-refractivity contribution in [3.8, 4) is 11.3 Å². The molecule has 2 aromatic carbocycles. The number of carboxylic acid groups (broad SMARTS) is 1. The van der Waals surface area contributed by atoms with Crippen molar-refractivity contribution in [2.75, 3.05) is 5.32 Å². The number of aliphatic carboxylic acids is 1. The minimum absolute atomic E-state index is 0.0769. The fourth-order valence-electron chi connectivity index (χ4n) is 3.87. The molecule has 176 valence electrons. The maximum Gasteiger partial charge on any atom is 0.353 e. The molecule has 0 fully saturated rings. The van der Waals surface area contributed by atoms with Crippen LogP contribution in [0, 0.1) is 5.41 Å². The molecule has 0 spiro atoms. The molecule has 1 aromatic heterocycles. The number of hydrogen-bond acceptors (Lipinski definition) is 6. The van der Waals surface area contributed by atoms with E-state index in [0.29, 0.717) is 26.3 Å². The fraction of sp³-hybridized carbons (Fsp3) is 0.240. The molecule has 0 radical (unpaired) electrons. The van der Waals surface area contributed by atoms with Crippen LogP contribution in [0.5, 0.6) is 0 Å². The number of halogens is 2. The number of fused-ring (bicyclic) bond motifs is 3. The van der Waals surface area contributed by atoms with Crippen LogP contribution in [0.25, 0.3) is 16.8 Å². The van der Waals surface area contributed by atoms with Crippen molar-refractivity contribution in [1.82, 2.24) is 4.98 Å². The average molecular weight is 533 g/mol. The first kappa shape index (κ1) is 24.8. The number of anilines is 1. The van der Waals surface area contributed by atoms with Crippen molar-refractivity contribution in [2.24, 2.45) is 0 Å². The quantitative estimate of drug-likeness (QED) is 0.219. The Hall–Kier alpha value is -2.32. The predicted octanol–water partition coefficient (Wildman–Crippen LogP) is 8.35. The maximum atomic E-state index is 12.3. The average Bonchev–Trinajstić information content (AvgIpc) is 3.17. The van der Waals surface area contributed by atoms with Crippen molar-refractivity contribution < 1.29 is 9.90 Å². The van der Waals surface area contributed by atoms with E-state index in [0.717, 1.165) is 26.6 Å². The second kappa shape index (κ2) is 9.74. The molecule has 1 aliphatic rings. The minimum Gasteiger partial charge on any atom is -0.477 e. The highest BCUT2D eigenvalue weighted by Crippen LogP contribution is 2.53. The highest BCUT2D eigenvalue weighted by atomic mass is 35.5. The lowest BCUT2D eigenvalue weighted by Gasteiger charge is -2.21. The maximum absolute atomic E-state index is 12.3. The molecule has 2 heterocycles. The van der Waals surface area contributed by atoms with Gasteiger partial charge in [0.1, 0.15) is 5.70 Å². The van der Waals surface area contributed by atoms with Gasteiger partial charge in [-0.25, -0.2) is 9.78 Å². The van der Waals surface area contributed by atoms with E-state index in [1.54, 1.807) is 18.7 Å². The first-order valence-electron chi connectivity index (χ1n) is 10.6. The number of rotatable bonds is 6. The van der Waals surface area contributed by atoms with E-state index in [4.69, 9.17) is 33.6 Å². The first-order valence-corrected chi connectivity index (χ1v) is 13.1. The van der Waals surface area contributed by atoms with Gasteiger partial charge in [-0.3, -0.25) is 0 Å². The third kappa shape index (κ3) is 4.75. The van der Waals surface area contributed by atoms with Crippen molar-refractivity contribution in [1.29, 1.82) is 5.41 Å². The van der Waals surface area contributed by atoms with Gasteiger partial charge >= 0.3 is 5.97 Å². The molecule has 5 nitrogen and oxygen atoms in total. The van der Waals surface area contributed by atoms with Gasteiger partial charge in [0, 0.05) is 22.1 Å². The van der Waals surface area contributed by atoms with Crippen molar-refractivity contribution in [3.63, 3.8) is 0 Å². The third-order valence-electron chi connectivity index (χ3n) is 5.58. The molecular weight excluding hydrogens is 509 g/mol. The second-order valence-corrected chi connectivity index (χ2v) is 11.8. The number of thiazole rings is 1. The van der Waals surface area contributed by atoms with Gasteiger partial charge in [-0.15, -0.1) is 11.8 Å². The number of carboxylic acids is 1. The van der Waals surface area contributed by atoms with Gasteiger partial charge in [0.2, 0.25) is 0 Å². The summed E-state index contributed by atoms with van der Waals surface area (Å²) in [7, 11) is 0. The van der Waals surface area contributed by atoms with Gasteiger partial charge in [-0.1, -0.05) is 72.7 Å². The Labute approximate surface area is 216 Å². The molecular formula is C25H23Cl2N3O2S2. The second-order valence-electron chi connectivity index (χ2n) is 8.35. The molecule has 0 saturated carbocycles. The van der Waals surface area contributed by atoms with Crippen LogP contribution in [0.1, 0.15) is 55.6 Å². The van der Waals surface area contributed by atoms with Crippen molar-refractivity contribution in [2.45, 2.75) is 43.1 Å². The van der Waals surface area contributed by atoms with Crippen LogP contribution in [0.4, 0.5) is 5.13 Å². The topological polar surface area (TPSA) is 86.1 Å². The fourth-order valence-corrected chi connectivity index (χ4v) is 6.70. The zero-order valence-electron chi connectivity index (χ0n) is 19.0. The largest absolute Gasteiger partial charge is 0.477 e. The zero-order chi connectivity index (χ0) is 24.7. The van der Waals surface area contributed by atoms with Crippen LogP contribution in [0.15, 0.2) is 46.3 Å². The van der Waals surface area contributed by atoms with E-state index in [-0.39, 0.29) is 22.6 Å². The minimum atomic E-state index is -1.15. The van der Waals surface area contributed by atoms with Gasteiger partial charge in [0.25, 0.3) is 0 Å². The standard InChI is InChI=1S/C25H23Cl2N3O2S2/c1-11(2)14-6-5-7-15(8-14)20(12(3)28)22(23(31)32)30-25-29-21-17-10-19(27)18(26)9-16(17)13(4)33-24(21)34-25/h5-11,13,28H,1-4H3,(H,29,30)(H,31,32)/b22-20+,28-12?. The Morgan fingerprint density at radius 3 is 2.56 bits per heavy atom. The van der Waals surface area contributed by atoms with Crippen molar-refractivity contribution in [3.05, 3.63) is 68.8 Å². The molecule has 1 unspecified atom stereocenters. The molecule has 9 heteroatoms. The van der Waals surface area contributed by atoms with Gasteiger partial charge in [0.05, 0.1) is 19.9 Å². The molecule has 0 bridgehead atoms. The summed E-state index contributed by atoms with van der Waals surface area (Å²) < 4.78 is 0.973. The van der Waals surface area contributed by atoms with Crippen molar-refractivity contribution >= 4 is 68.7 Å². The summed E-state index contributed by atoms with van der Waals surface area (Å²) in [6.07, 6.45) is 0. The summed E-state index contributed by atoms with van der Waals surface area (Å²) in [5.74, 6) is -0.875. The van der Waals surface area contributed by atoms with Crippen LogP contribution >= 0.6 is 46.3 Å². The summed E-state index contributed by atoms with van der Waals surface area (Å²) in [4.78, 5) is 17.1. The number of thioether (sulfide) groups is 1. The molecule has 0 saturated heterocycles. The van der Waals surface area contributed by atoms with Crippen LogP contribution in [-0.2, 0) is 4.79 Å². The van der Waals surface area contributed by atoms with E-state index >= 15 is 0 Å². The molecule has 0 amide bonds. The summed E-state index contributed by atoms with van der Waals surface area (Å²) in [6.45, 7) is 7.83. The summed E-state index contributed by atoms with van der Waals surface area (Å²) in [5, 5.41) is 23.0. The lowest BCUT2D eigenvalue weighted by Crippen LogP contribution is -2.16. The molecule has 3 N–H and O–H groups in total. The Kier molecular flexibility index (Phi) is 7.10. The highest BCUT2D eigenvalue weighted by Gasteiger charge is 2.29. The Morgan fingerprint density at radius 2 is 1.91 bits per heavy atom. The predicted molar refractivity (Wildman–Crippen MR) is 144 cm³/mol. The first-order chi connectivity index (χ1) is 16.1. The van der Waals surface area contributed by atoms with E-state index in [1.165, 1.54) is 11.3 Å².